The Hall–Kier alpha value is -3.17. The van der Waals surface area contributed by atoms with Gasteiger partial charge in [0.15, 0.2) is 0 Å². The van der Waals surface area contributed by atoms with E-state index in [0.29, 0.717) is 16.3 Å². The minimum absolute atomic E-state index is 0.221. The maximum Gasteiger partial charge on any atom is 0.252 e. The summed E-state index contributed by atoms with van der Waals surface area (Å²) in [5.41, 5.74) is 1.94. The first kappa shape index (κ1) is 15.7. The molecule has 0 unspecified atom stereocenters. The average molecular weight is 338 g/mol. The molecule has 0 saturated heterocycles. The number of carbonyl (C=O) groups is 1. The molecule has 0 aliphatic carbocycles. The molecule has 118 valence electrons. The van der Waals surface area contributed by atoms with Crippen molar-refractivity contribution in [2.75, 3.05) is 6.54 Å². The number of carbonyl (C=O) groups excluding carboxylic acids is 1. The number of nitrogens with zero attached hydrogens (tertiary/aromatic N) is 4. The van der Waals surface area contributed by atoms with Crippen molar-refractivity contribution >= 4 is 17.5 Å². The zero-order valence-electron chi connectivity index (χ0n) is 12.5. The lowest BCUT2D eigenvalue weighted by Crippen LogP contribution is -2.23. The third kappa shape index (κ3) is 3.77. The molecule has 3 aromatic rings. The molecule has 3 rings (SSSR count). The van der Waals surface area contributed by atoms with Gasteiger partial charge in [-0.1, -0.05) is 41.6 Å². The van der Waals surface area contributed by atoms with Crippen molar-refractivity contribution in [3.05, 3.63) is 71.0 Å². The van der Waals surface area contributed by atoms with Crippen molar-refractivity contribution in [1.29, 1.82) is 0 Å². The first-order valence-corrected chi connectivity index (χ1v) is 7.47. The van der Waals surface area contributed by atoms with Crippen LogP contribution in [0.3, 0.4) is 0 Å². The summed E-state index contributed by atoms with van der Waals surface area (Å²) in [7, 11) is 0. The lowest BCUT2D eigenvalue weighted by molar-refractivity contribution is 0.0958. The van der Waals surface area contributed by atoms with Gasteiger partial charge >= 0.3 is 0 Å². The molecule has 1 amide bonds. The Kier molecular flexibility index (Phi) is 4.84. The standard InChI is InChI=1S/C17H12ClN5O/c18-16-9-2-1-5-13(16)7-4-10-19-17(24)14-6-3-8-15(11-14)23-12-20-21-22-23/h1-3,5-6,8-9,11-12H,10H2,(H,19,24). The Balaban J connectivity index is 1.64. The van der Waals surface area contributed by atoms with Crippen LogP contribution in [0.25, 0.3) is 5.69 Å². The van der Waals surface area contributed by atoms with Crippen molar-refractivity contribution < 1.29 is 4.79 Å². The molecule has 0 spiro atoms. The van der Waals surface area contributed by atoms with Gasteiger partial charge in [-0.3, -0.25) is 4.79 Å². The SMILES string of the molecule is O=C(NCC#Cc1ccccc1Cl)c1cccc(-n2cnnn2)c1. The van der Waals surface area contributed by atoms with Crippen LogP contribution in [-0.2, 0) is 0 Å². The molecule has 1 N–H and O–H groups in total. The zero-order valence-corrected chi connectivity index (χ0v) is 13.2. The molecule has 24 heavy (non-hydrogen) atoms. The molecule has 7 heteroatoms. The molecule has 0 fully saturated rings. The topological polar surface area (TPSA) is 72.7 Å². The summed E-state index contributed by atoms with van der Waals surface area (Å²) in [5, 5.41) is 14.3. The maximum atomic E-state index is 12.2. The highest BCUT2D eigenvalue weighted by Crippen LogP contribution is 2.13. The molecule has 0 saturated carbocycles. The second kappa shape index (κ2) is 7.40. The maximum absolute atomic E-state index is 12.2. The summed E-state index contributed by atoms with van der Waals surface area (Å²) in [6.07, 6.45) is 1.46. The van der Waals surface area contributed by atoms with Gasteiger partial charge in [-0.05, 0) is 40.8 Å². The monoisotopic (exact) mass is 337 g/mol. The fourth-order valence-corrected chi connectivity index (χ4v) is 2.18. The Bertz CT molecular complexity index is 912. The zero-order chi connectivity index (χ0) is 16.8. The van der Waals surface area contributed by atoms with Crippen molar-refractivity contribution in [1.82, 2.24) is 25.5 Å². The third-order valence-electron chi connectivity index (χ3n) is 3.16. The third-order valence-corrected chi connectivity index (χ3v) is 3.49. The second-order valence-electron chi connectivity index (χ2n) is 4.77. The van der Waals surface area contributed by atoms with Gasteiger partial charge in [-0.25, -0.2) is 4.68 Å². The van der Waals surface area contributed by atoms with E-state index in [-0.39, 0.29) is 12.5 Å². The van der Waals surface area contributed by atoms with E-state index in [1.165, 1.54) is 11.0 Å². The Morgan fingerprint density at radius 2 is 2.08 bits per heavy atom. The van der Waals surface area contributed by atoms with E-state index in [9.17, 15) is 4.79 Å². The smallest absolute Gasteiger partial charge is 0.252 e. The number of benzene rings is 2. The summed E-state index contributed by atoms with van der Waals surface area (Å²) in [6.45, 7) is 0.221. The molecular weight excluding hydrogens is 326 g/mol. The lowest BCUT2D eigenvalue weighted by atomic mass is 10.2. The van der Waals surface area contributed by atoms with Crippen LogP contribution in [0.1, 0.15) is 15.9 Å². The molecular formula is C17H12ClN5O. The van der Waals surface area contributed by atoms with Gasteiger partial charge in [-0.15, -0.1) is 5.10 Å². The van der Waals surface area contributed by atoms with Gasteiger partial charge in [0.05, 0.1) is 17.3 Å². The molecule has 0 radical (unpaired) electrons. The fourth-order valence-electron chi connectivity index (χ4n) is 2.00. The highest BCUT2D eigenvalue weighted by molar-refractivity contribution is 6.31. The van der Waals surface area contributed by atoms with Gasteiger partial charge in [0.25, 0.3) is 5.91 Å². The van der Waals surface area contributed by atoms with E-state index >= 15 is 0 Å². The van der Waals surface area contributed by atoms with Gasteiger partial charge in [0, 0.05) is 11.1 Å². The molecule has 0 bridgehead atoms. The lowest BCUT2D eigenvalue weighted by Gasteiger charge is -2.04. The molecule has 0 aliphatic rings. The number of halogens is 1. The Morgan fingerprint density at radius 3 is 2.88 bits per heavy atom. The normalized spacial score (nSPS) is 9.88. The van der Waals surface area contributed by atoms with E-state index in [0.717, 1.165) is 5.56 Å². The van der Waals surface area contributed by atoms with Gasteiger partial charge in [0.1, 0.15) is 6.33 Å². The number of aromatic nitrogens is 4. The quantitative estimate of drug-likeness (QED) is 0.743. The van der Waals surface area contributed by atoms with Crippen LogP contribution in [0.15, 0.2) is 54.9 Å². The van der Waals surface area contributed by atoms with E-state index in [1.807, 2.05) is 24.3 Å². The van der Waals surface area contributed by atoms with Crippen LogP contribution in [0.4, 0.5) is 0 Å². The van der Waals surface area contributed by atoms with Gasteiger partial charge < -0.3 is 5.32 Å². The Labute approximate surface area is 143 Å². The van der Waals surface area contributed by atoms with E-state index in [4.69, 9.17) is 11.6 Å². The molecule has 0 atom stereocenters. The number of hydrogen-bond acceptors (Lipinski definition) is 4. The Morgan fingerprint density at radius 1 is 1.21 bits per heavy atom. The van der Waals surface area contributed by atoms with E-state index in [2.05, 4.69) is 32.7 Å². The molecule has 1 aromatic heterocycles. The van der Waals surface area contributed by atoms with Gasteiger partial charge in [0.2, 0.25) is 0 Å². The minimum Gasteiger partial charge on any atom is -0.341 e. The molecule has 1 heterocycles. The predicted octanol–water partition coefficient (Wildman–Crippen LogP) is 2.10. The number of rotatable bonds is 3. The van der Waals surface area contributed by atoms with Gasteiger partial charge in [-0.2, -0.15) is 0 Å². The van der Waals surface area contributed by atoms with Crippen LogP contribution >= 0.6 is 11.6 Å². The first-order chi connectivity index (χ1) is 11.7. The van der Waals surface area contributed by atoms with Crippen LogP contribution in [-0.4, -0.2) is 32.7 Å². The number of tetrazole rings is 1. The largest absolute Gasteiger partial charge is 0.341 e. The first-order valence-electron chi connectivity index (χ1n) is 7.09. The summed E-state index contributed by atoms with van der Waals surface area (Å²) in [6, 6.07) is 14.3. The summed E-state index contributed by atoms with van der Waals surface area (Å²) in [4.78, 5) is 12.2. The van der Waals surface area contributed by atoms with E-state index in [1.54, 1.807) is 24.3 Å². The number of amides is 1. The molecule has 6 nitrogen and oxygen atoms in total. The summed E-state index contributed by atoms with van der Waals surface area (Å²) in [5.74, 6) is 5.58. The highest BCUT2D eigenvalue weighted by Gasteiger charge is 2.06. The number of hydrogen-bond donors (Lipinski definition) is 1. The van der Waals surface area contributed by atoms with Crippen LogP contribution in [0.5, 0.6) is 0 Å². The molecule has 2 aromatic carbocycles. The highest BCUT2D eigenvalue weighted by atomic mass is 35.5. The minimum atomic E-state index is -0.224. The van der Waals surface area contributed by atoms with Crippen LogP contribution < -0.4 is 5.32 Å². The molecule has 0 aliphatic heterocycles. The van der Waals surface area contributed by atoms with Crippen molar-refractivity contribution in [3.63, 3.8) is 0 Å². The van der Waals surface area contributed by atoms with Crippen LogP contribution in [0, 0.1) is 11.8 Å². The van der Waals surface area contributed by atoms with Crippen LogP contribution in [0.2, 0.25) is 5.02 Å². The summed E-state index contributed by atoms with van der Waals surface area (Å²) < 4.78 is 1.48. The fraction of sp³-hybridized carbons (Fsp3) is 0.0588. The van der Waals surface area contributed by atoms with E-state index < -0.39 is 0 Å². The van der Waals surface area contributed by atoms with Crippen molar-refractivity contribution in [3.8, 4) is 17.5 Å². The predicted molar refractivity (Wildman–Crippen MR) is 89.8 cm³/mol. The summed E-state index contributed by atoms with van der Waals surface area (Å²) >= 11 is 6.02. The second-order valence-corrected chi connectivity index (χ2v) is 5.18. The average Bonchev–Trinajstić information content (AvgIpc) is 3.15. The van der Waals surface area contributed by atoms with Crippen molar-refractivity contribution in [2.45, 2.75) is 0 Å². The number of nitrogens with one attached hydrogen (secondary N) is 1. The van der Waals surface area contributed by atoms with Crippen molar-refractivity contribution in [2.24, 2.45) is 0 Å².